The van der Waals surface area contributed by atoms with E-state index in [1.165, 1.54) is 0 Å². The number of hydrogen-bond acceptors (Lipinski definition) is 3. The van der Waals surface area contributed by atoms with E-state index in [1.54, 1.807) is 25.1 Å². The highest BCUT2D eigenvalue weighted by Gasteiger charge is 2.27. The van der Waals surface area contributed by atoms with Crippen LogP contribution in [0.25, 0.3) is 0 Å². The molecule has 0 heterocycles. The van der Waals surface area contributed by atoms with Crippen LogP contribution in [-0.2, 0) is 11.4 Å². The van der Waals surface area contributed by atoms with Gasteiger partial charge in [-0.15, -0.1) is 0 Å². The van der Waals surface area contributed by atoms with Gasteiger partial charge in [-0.3, -0.25) is 4.84 Å². The first kappa shape index (κ1) is 12.8. The molecule has 0 bridgehead atoms. The molecule has 0 radical (unpaired) electrons. The van der Waals surface area contributed by atoms with Crippen LogP contribution in [0, 0.1) is 6.92 Å². The average molecular weight is 235 g/mol. The molecule has 0 spiro atoms. The molecule has 3 nitrogen and oxygen atoms in total. The second kappa shape index (κ2) is 5.18. The number of phenolic OH excluding ortho intramolecular Hbond substituents is 1. The van der Waals surface area contributed by atoms with Crippen molar-refractivity contribution < 1.29 is 23.1 Å². The Morgan fingerprint density at radius 3 is 2.69 bits per heavy atom. The molecule has 16 heavy (non-hydrogen) atoms. The summed E-state index contributed by atoms with van der Waals surface area (Å²) in [6, 6.07) is 5.01. The fourth-order valence-corrected chi connectivity index (χ4v) is 1.12. The third-order valence-electron chi connectivity index (χ3n) is 1.92. The maximum absolute atomic E-state index is 11.7. The van der Waals surface area contributed by atoms with Gasteiger partial charge in [0, 0.05) is 12.1 Å². The van der Waals surface area contributed by atoms with Gasteiger partial charge in [-0.05, 0) is 12.5 Å². The maximum Gasteiger partial charge on any atom is 0.413 e. The average Bonchev–Trinajstić information content (AvgIpc) is 2.17. The summed E-state index contributed by atoms with van der Waals surface area (Å²) in [5.41, 5.74) is 3.30. The molecule has 0 fully saturated rings. The Morgan fingerprint density at radius 2 is 2.06 bits per heavy atom. The molecular weight excluding hydrogens is 223 g/mol. The summed E-state index contributed by atoms with van der Waals surface area (Å²) in [4.78, 5) is 4.21. The van der Waals surface area contributed by atoms with Crippen LogP contribution >= 0.6 is 0 Å². The topological polar surface area (TPSA) is 41.5 Å². The first-order chi connectivity index (χ1) is 7.40. The lowest BCUT2D eigenvalue weighted by Crippen LogP contribution is -2.24. The van der Waals surface area contributed by atoms with Gasteiger partial charge < -0.3 is 5.11 Å². The van der Waals surface area contributed by atoms with Gasteiger partial charge in [0.2, 0.25) is 0 Å². The fraction of sp³-hybridized carbons (Fsp3) is 0.400. The fourth-order valence-electron chi connectivity index (χ4n) is 1.12. The van der Waals surface area contributed by atoms with Crippen LogP contribution in [0.3, 0.4) is 0 Å². The third-order valence-corrected chi connectivity index (χ3v) is 1.92. The van der Waals surface area contributed by atoms with E-state index in [1.807, 2.05) is 0 Å². The van der Waals surface area contributed by atoms with Crippen molar-refractivity contribution in [1.29, 1.82) is 0 Å². The van der Waals surface area contributed by atoms with Gasteiger partial charge in [-0.25, -0.2) is 0 Å². The number of rotatable bonds is 4. The molecule has 0 aromatic heterocycles. The smallest absolute Gasteiger partial charge is 0.413 e. The van der Waals surface area contributed by atoms with Crippen LogP contribution in [0.1, 0.15) is 11.1 Å². The van der Waals surface area contributed by atoms with Crippen LogP contribution in [0.15, 0.2) is 18.2 Å². The number of hydroxylamine groups is 1. The van der Waals surface area contributed by atoms with Crippen molar-refractivity contribution in [2.45, 2.75) is 19.6 Å². The minimum Gasteiger partial charge on any atom is -0.507 e. The molecule has 0 aliphatic heterocycles. The minimum absolute atomic E-state index is 0.0175. The number of hydrogen-bond donors (Lipinski definition) is 2. The van der Waals surface area contributed by atoms with Crippen molar-refractivity contribution >= 4 is 0 Å². The number of aryl methyl sites for hydroxylation is 1. The quantitative estimate of drug-likeness (QED) is 0.621. The number of phenols is 1. The summed E-state index contributed by atoms with van der Waals surface area (Å²) >= 11 is 0. The number of nitrogens with one attached hydrogen (secondary N) is 1. The molecule has 0 aliphatic carbocycles. The van der Waals surface area contributed by atoms with Crippen LogP contribution in [-0.4, -0.2) is 17.9 Å². The largest absolute Gasteiger partial charge is 0.507 e. The van der Waals surface area contributed by atoms with Gasteiger partial charge >= 0.3 is 6.18 Å². The number of aromatic hydroxyl groups is 1. The predicted molar refractivity (Wildman–Crippen MR) is 51.7 cm³/mol. The lowest BCUT2D eigenvalue weighted by molar-refractivity contribution is -0.190. The second-order valence-corrected chi connectivity index (χ2v) is 3.31. The monoisotopic (exact) mass is 235 g/mol. The van der Waals surface area contributed by atoms with Gasteiger partial charge in [-0.2, -0.15) is 18.7 Å². The van der Waals surface area contributed by atoms with E-state index in [4.69, 9.17) is 0 Å². The highest BCUT2D eigenvalue weighted by Crippen LogP contribution is 2.21. The summed E-state index contributed by atoms with van der Waals surface area (Å²) in [6.07, 6.45) is -4.36. The number of halogens is 3. The zero-order valence-electron chi connectivity index (χ0n) is 8.64. The van der Waals surface area contributed by atoms with Crippen LogP contribution < -0.4 is 5.48 Å². The predicted octanol–water partition coefficient (Wildman–Crippen LogP) is 2.28. The van der Waals surface area contributed by atoms with Gasteiger partial charge in [0.15, 0.2) is 6.61 Å². The first-order valence-electron chi connectivity index (χ1n) is 4.59. The minimum atomic E-state index is -4.36. The standard InChI is InChI=1S/C10H12F3NO2/c1-7-3-2-4-8(9(7)15)5-14-16-6-10(11,12)13/h2-4,14-15H,5-6H2,1H3. The maximum atomic E-state index is 11.7. The highest BCUT2D eigenvalue weighted by atomic mass is 19.4. The normalized spacial score (nSPS) is 11.8. The van der Waals surface area contributed by atoms with E-state index < -0.39 is 12.8 Å². The van der Waals surface area contributed by atoms with Crippen molar-refractivity contribution in [3.8, 4) is 5.75 Å². The van der Waals surface area contributed by atoms with E-state index >= 15 is 0 Å². The van der Waals surface area contributed by atoms with Gasteiger partial charge in [0.25, 0.3) is 0 Å². The summed E-state index contributed by atoms with van der Waals surface area (Å²) in [7, 11) is 0. The molecule has 0 amide bonds. The number of benzene rings is 1. The van der Waals surface area contributed by atoms with Crippen LogP contribution in [0.4, 0.5) is 13.2 Å². The molecule has 6 heteroatoms. The molecule has 0 unspecified atom stereocenters. The highest BCUT2D eigenvalue weighted by molar-refractivity contribution is 5.39. The van der Waals surface area contributed by atoms with Crippen molar-refractivity contribution in [3.63, 3.8) is 0 Å². The van der Waals surface area contributed by atoms with E-state index in [2.05, 4.69) is 10.3 Å². The van der Waals surface area contributed by atoms with E-state index in [0.29, 0.717) is 11.1 Å². The third kappa shape index (κ3) is 4.08. The van der Waals surface area contributed by atoms with Gasteiger partial charge in [-0.1, -0.05) is 18.2 Å². The second-order valence-electron chi connectivity index (χ2n) is 3.31. The number of alkyl halides is 3. The van der Waals surface area contributed by atoms with Crippen molar-refractivity contribution in [2.24, 2.45) is 0 Å². The Morgan fingerprint density at radius 1 is 1.38 bits per heavy atom. The molecule has 1 aromatic rings. The van der Waals surface area contributed by atoms with Crippen LogP contribution in [0.2, 0.25) is 0 Å². The Hall–Kier alpha value is -1.27. The molecule has 1 rings (SSSR count). The van der Waals surface area contributed by atoms with Gasteiger partial charge in [0.05, 0.1) is 0 Å². The first-order valence-corrected chi connectivity index (χ1v) is 4.59. The number of para-hydroxylation sites is 1. The van der Waals surface area contributed by atoms with E-state index in [-0.39, 0.29) is 12.3 Å². The zero-order chi connectivity index (χ0) is 12.2. The Labute approximate surface area is 90.8 Å². The summed E-state index contributed by atoms with van der Waals surface area (Å²) < 4.78 is 35.1. The molecule has 0 saturated carbocycles. The molecule has 2 N–H and O–H groups in total. The van der Waals surface area contributed by atoms with Crippen molar-refractivity contribution in [2.75, 3.05) is 6.61 Å². The zero-order valence-corrected chi connectivity index (χ0v) is 8.64. The SMILES string of the molecule is Cc1cccc(CNOCC(F)(F)F)c1O. The lowest BCUT2D eigenvalue weighted by Gasteiger charge is -2.10. The molecule has 0 aliphatic rings. The summed E-state index contributed by atoms with van der Waals surface area (Å²) in [5.74, 6) is 0.0607. The van der Waals surface area contributed by atoms with Crippen LogP contribution in [0.5, 0.6) is 5.75 Å². The Kier molecular flexibility index (Phi) is 4.14. The molecule has 0 saturated heterocycles. The Bertz CT molecular complexity index is 352. The molecule has 1 aromatic carbocycles. The Balaban J connectivity index is 2.41. The summed E-state index contributed by atoms with van der Waals surface area (Å²) in [5, 5.41) is 9.54. The van der Waals surface area contributed by atoms with Gasteiger partial charge in [0.1, 0.15) is 5.75 Å². The molecular formula is C10H12F3NO2. The van der Waals surface area contributed by atoms with E-state index in [9.17, 15) is 18.3 Å². The van der Waals surface area contributed by atoms with Crippen molar-refractivity contribution in [1.82, 2.24) is 5.48 Å². The molecule has 90 valence electrons. The van der Waals surface area contributed by atoms with Crippen molar-refractivity contribution in [3.05, 3.63) is 29.3 Å². The lowest BCUT2D eigenvalue weighted by atomic mass is 10.1. The molecule has 0 atom stereocenters. The summed E-state index contributed by atoms with van der Waals surface area (Å²) in [6.45, 7) is 0.360. The van der Waals surface area contributed by atoms with E-state index in [0.717, 1.165) is 0 Å².